The second-order valence-corrected chi connectivity index (χ2v) is 8.67. The third-order valence-electron chi connectivity index (χ3n) is 2.79. The quantitative estimate of drug-likeness (QED) is 0.852. The topological polar surface area (TPSA) is 92.3 Å². The van der Waals surface area contributed by atoms with Gasteiger partial charge in [-0.2, -0.15) is 0 Å². The standard InChI is InChI=1S/C11H16N2O4S2/c1-18(14,15)13-10-4-2-9(3-5-10)12-11-6-7-19(16,17)8-11/h2-5,11-13H,6-8H2,1H3. The maximum Gasteiger partial charge on any atom is 0.229 e. The van der Waals surface area contributed by atoms with Gasteiger partial charge in [0, 0.05) is 17.4 Å². The van der Waals surface area contributed by atoms with Crippen molar-refractivity contribution in [2.24, 2.45) is 0 Å². The number of hydrogen-bond acceptors (Lipinski definition) is 5. The number of nitrogens with one attached hydrogen (secondary N) is 2. The minimum Gasteiger partial charge on any atom is -0.381 e. The predicted octanol–water partition coefficient (Wildman–Crippen LogP) is 0.657. The predicted molar refractivity (Wildman–Crippen MR) is 75.6 cm³/mol. The first-order valence-electron chi connectivity index (χ1n) is 5.78. The highest BCUT2D eigenvalue weighted by Crippen LogP contribution is 2.19. The zero-order valence-corrected chi connectivity index (χ0v) is 12.1. The van der Waals surface area contributed by atoms with Crippen LogP contribution in [0.4, 0.5) is 11.4 Å². The van der Waals surface area contributed by atoms with Crippen molar-refractivity contribution < 1.29 is 16.8 Å². The highest BCUT2D eigenvalue weighted by Gasteiger charge is 2.27. The van der Waals surface area contributed by atoms with Gasteiger partial charge in [-0.25, -0.2) is 16.8 Å². The fraction of sp³-hybridized carbons (Fsp3) is 0.455. The Labute approximate surface area is 113 Å². The van der Waals surface area contributed by atoms with Gasteiger partial charge in [0.15, 0.2) is 9.84 Å². The van der Waals surface area contributed by atoms with Crippen LogP contribution in [0.15, 0.2) is 24.3 Å². The second kappa shape index (κ2) is 5.01. The molecular formula is C11H16N2O4S2. The third kappa shape index (κ3) is 4.39. The summed E-state index contributed by atoms with van der Waals surface area (Å²) in [4.78, 5) is 0. The van der Waals surface area contributed by atoms with E-state index in [1.54, 1.807) is 24.3 Å². The molecule has 1 heterocycles. The molecule has 0 bridgehead atoms. The lowest BCUT2D eigenvalue weighted by Crippen LogP contribution is -2.20. The van der Waals surface area contributed by atoms with E-state index in [9.17, 15) is 16.8 Å². The Morgan fingerprint density at radius 2 is 1.74 bits per heavy atom. The highest BCUT2D eigenvalue weighted by atomic mass is 32.2. The zero-order valence-electron chi connectivity index (χ0n) is 10.5. The van der Waals surface area contributed by atoms with Gasteiger partial charge in [0.2, 0.25) is 10.0 Å². The van der Waals surface area contributed by atoms with Gasteiger partial charge in [0.1, 0.15) is 0 Å². The van der Waals surface area contributed by atoms with Crippen LogP contribution in [0.1, 0.15) is 6.42 Å². The van der Waals surface area contributed by atoms with Crippen molar-refractivity contribution in [2.75, 3.05) is 27.8 Å². The van der Waals surface area contributed by atoms with Crippen LogP contribution in [0, 0.1) is 0 Å². The molecule has 1 aromatic rings. The molecule has 0 spiro atoms. The van der Waals surface area contributed by atoms with E-state index in [-0.39, 0.29) is 17.5 Å². The van der Waals surface area contributed by atoms with Crippen LogP contribution in [0.3, 0.4) is 0 Å². The molecule has 0 aromatic heterocycles. The SMILES string of the molecule is CS(=O)(=O)Nc1ccc(NC2CCS(=O)(=O)C2)cc1. The average molecular weight is 304 g/mol. The summed E-state index contributed by atoms with van der Waals surface area (Å²) in [5.74, 6) is 0.370. The maximum absolute atomic E-state index is 11.3. The molecule has 1 saturated heterocycles. The van der Waals surface area contributed by atoms with Gasteiger partial charge in [-0.15, -0.1) is 0 Å². The van der Waals surface area contributed by atoms with E-state index in [0.29, 0.717) is 12.1 Å². The van der Waals surface area contributed by atoms with Crippen molar-refractivity contribution in [2.45, 2.75) is 12.5 Å². The van der Waals surface area contributed by atoms with E-state index in [1.165, 1.54) is 0 Å². The van der Waals surface area contributed by atoms with E-state index in [2.05, 4.69) is 10.0 Å². The second-order valence-electron chi connectivity index (χ2n) is 4.70. The van der Waals surface area contributed by atoms with Crippen molar-refractivity contribution in [3.8, 4) is 0 Å². The van der Waals surface area contributed by atoms with Gasteiger partial charge in [0.05, 0.1) is 17.8 Å². The van der Waals surface area contributed by atoms with Gasteiger partial charge in [-0.3, -0.25) is 4.72 Å². The number of benzene rings is 1. The molecule has 1 aromatic carbocycles. The largest absolute Gasteiger partial charge is 0.381 e. The lowest BCUT2D eigenvalue weighted by Gasteiger charge is -2.13. The molecule has 106 valence electrons. The highest BCUT2D eigenvalue weighted by molar-refractivity contribution is 7.92. The third-order valence-corrected chi connectivity index (χ3v) is 5.17. The molecule has 6 nitrogen and oxygen atoms in total. The Kier molecular flexibility index (Phi) is 3.73. The van der Waals surface area contributed by atoms with E-state index in [4.69, 9.17) is 0 Å². The molecule has 1 fully saturated rings. The van der Waals surface area contributed by atoms with Crippen molar-refractivity contribution in [3.05, 3.63) is 24.3 Å². The Balaban J connectivity index is 2.00. The molecule has 0 saturated carbocycles. The summed E-state index contributed by atoms with van der Waals surface area (Å²) in [5.41, 5.74) is 1.26. The van der Waals surface area contributed by atoms with E-state index in [1.807, 2.05) is 0 Å². The monoisotopic (exact) mass is 304 g/mol. The van der Waals surface area contributed by atoms with Crippen molar-refractivity contribution >= 4 is 31.2 Å². The number of sulfone groups is 1. The minimum atomic E-state index is -3.28. The smallest absolute Gasteiger partial charge is 0.229 e. The van der Waals surface area contributed by atoms with Crippen LogP contribution < -0.4 is 10.0 Å². The van der Waals surface area contributed by atoms with Gasteiger partial charge < -0.3 is 5.32 Å². The summed E-state index contributed by atoms with van der Waals surface area (Å²) in [5, 5.41) is 3.13. The van der Waals surface area contributed by atoms with Gasteiger partial charge in [-0.1, -0.05) is 0 Å². The van der Waals surface area contributed by atoms with Crippen LogP contribution in [-0.2, 0) is 19.9 Å². The van der Waals surface area contributed by atoms with Crippen LogP contribution >= 0.6 is 0 Å². The molecule has 19 heavy (non-hydrogen) atoms. The molecule has 1 aliphatic heterocycles. The lowest BCUT2D eigenvalue weighted by molar-refractivity contribution is 0.601. The first-order valence-corrected chi connectivity index (χ1v) is 9.50. The van der Waals surface area contributed by atoms with Gasteiger partial charge in [-0.05, 0) is 30.7 Å². The Hall–Kier alpha value is -1.28. The molecule has 0 amide bonds. The summed E-state index contributed by atoms with van der Waals surface area (Å²) in [7, 11) is -6.18. The maximum atomic E-state index is 11.3. The molecule has 8 heteroatoms. The average Bonchev–Trinajstić information content (AvgIpc) is 2.59. The lowest BCUT2D eigenvalue weighted by atomic mass is 10.2. The first kappa shape index (κ1) is 14.1. The first-order chi connectivity index (χ1) is 8.73. The molecule has 0 aliphatic carbocycles. The Bertz CT molecular complexity index is 650. The number of rotatable bonds is 4. The molecule has 2 N–H and O–H groups in total. The summed E-state index contributed by atoms with van der Waals surface area (Å²) in [6, 6.07) is 6.63. The van der Waals surface area contributed by atoms with E-state index in [0.717, 1.165) is 11.9 Å². The van der Waals surface area contributed by atoms with Crippen molar-refractivity contribution in [1.29, 1.82) is 0 Å². The molecule has 1 unspecified atom stereocenters. The number of sulfonamides is 1. The minimum absolute atomic E-state index is 0.0706. The number of anilines is 2. The van der Waals surface area contributed by atoms with Crippen molar-refractivity contribution in [3.63, 3.8) is 0 Å². The van der Waals surface area contributed by atoms with Crippen molar-refractivity contribution in [1.82, 2.24) is 0 Å². The van der Waals surface area contributed by atoms with E-state index >= 15 is 0 Å². The molecule has 1 atom stereocenters. The molecular weight excluding hydrogens is 288 g/mol. The van der Waals surface area contributed by atoms with Crippen LogP contribution in [0.25, 0.3) is 0 Å². The summed E-state index contributed by atoms with van der Waals surface area (Å²) in [6.45, 7) is 0. The van der Waals surface area contributed by atoms with Gasteiger partial charge >= 0.3 is 0 Å². The normalized spacial score (nSPS) is 22.1. The Morgan fingerprint density at radius 3 is 2.21 bits per heavy atom. The fourth-order valence-electron chi connectivity index (χ4n) is 1.99. The molecule has 0 radical (unpaired) electrons. The van der Waals surface area contributed by atoms with Crippen LogP contribution in [-0.4, -0.2) is 40.6 Å². The fourth-order valence-corrected chi connectivity index (χ4v) is 4.23. The summed E-state index contributed by atoms with van der Waals surface area (Å²) >= 11 is 0. The van der Waals surface area contributed by atoms with Gasteiger partial charge in [0.25, 0.3) is 0 Å². The molecule has 1 aliphatic rings. The summed E-state index contributed by atoms with van der Waals surface area (Å²) < 4.78 is 47.1. The van der Waals surface area contributed by atoms with Crippen LogP contribution in [0.2, 0.25) is 0 Å². The zero-order chi connectivity index (χ0) is 14.1. The summed E-state index contributed by atoms with van der Waals surface area (Å²) in [6.07, 6.45) is 1.69. The van der Waals surface area contributed by atoms with Crippen LogP contribution in [0.5, 0.6) is 0 Å². The Morgan fingerprint density at radius 1 is 1.16 bits per heavy atom. The van der Waals surface area contributed by atoms with E-state index < -0.39 is 19.9 Å². The number of hydrogen-bond donors (Lipinski definition) is 2. The molecule has 2 rings (SSSR count).